The van der Waals surface area contributed by atoms with E-state index in [0.29, 0.717) is 0 Å². The van der Waals surface area contributed by atoms with Crippen LogP contribution < -0.4 is 15.5 Å². The number of benzene rings is 2. The van der Waals surface area contributed by atoms with Crippen molar-refractivity contribution in [1.82, 2.24) is 9.97 Å². The van der Waals surface area contributed by atoms with E-state index in [-0.39, 0.29) is 0 Å². The van der Waals surface area contributed by atoms with Crippen LogP contribution in [0, 0.1) is 6.92 Å². The van der Waals surface area contributed by atoms with Crippen LogP contribution in [0.4, 0.5) is 28.7 Å². The molecule has 0 saturated heterocycles. The van der Waals surface area contributed by atoms with Gasteiger partial charge in [0.15, 0.2) is 0 Å². The van der Waals surface area contributed by atoms with Crippen LogP contribution in [-0.2, 0) is 6.42 Å². The van der Waals surface area contributed by atoms with Crippen LogP contribution in [0.1, 0.15) is 18.3 Å². The largest absolute Gasteiger partial charge is 0.378 e. The van der Waals surface area contributed by atoms with E-state index in [4.69, 9.17) is 0 Å². The van der Waals surface area contributed by atoms with Gasteiger partial charge in [0.1, 0.15) is 17.5 Å². The summed E-state index contributed by atoms with van der Waals surface area (Å²) in [5.74, 6) is 2.27. The maximum absolute atomic E-state index is 4.51. The van der Waals surface area contributed by atoms with Crippen molar-refractivity contribution in [1.29, 1.82) is 0 Å². The minimum Gasteiger partial charge on any atom is -0.378 e. The van der Waals surface area contributed by atoms with Crippen molar-refractivity contribution in [3.63, 3.8) is 0 Å². The Kier molecular flexibility index (Phi) is 5.37. The number of aromatic nitrogens is 2. The molecule has 1 aromatic heterocycles. The summed E-state index contributed by atoms with van der Waals surface area (Å²) in [5, 5.41) is 6.77. The Hall–Kier alpha value is -3.08. The van der Waals surface area contributed by atoms with Crippen LogP contribution in [0.2, 0.25) is 0 Å². The normalized spacial score (nSPS) is 10.5. The quantitative estimate of drug-likeness (QED) is 0.664. The number of hydrogen-bond donors (Lipinski definition) is 2. The second kappa shape index (κ2) is 7.87. The summed E-state index contributed by atoms with van der Waals surface area (Å²) >= 11 is 0. The fourth-order valence-electron chi connectivity index (χ4n) is 2.78. The Morgan fingerprint density at radius 3 is 2.19 bits per heavy atom. The van der Waals surface area contributed by atoms with E-state index in [2.05, 4.69) is 62.8 Å². The van der Waals surface area contributed by atoms with Crippen LogP contribution in [0.5, 0.6) is 0 Å². The van der Waals surface area contributed by atoms with Gasteiger partial charge in [0.25, 0.3) is 0 Å². The van der Waals surface area contributed by atoms with Crippen molar-refractivity contribution >= 4 is 28.7 Å². The number of rotatable bonds is 6. The zero-order chi connectivity index (χ0) is 18.5. The molecule has 0 aliphatic rings. The SMILES string of the molecule is CCc1ccccc1Nc1cc(Nc2ccc(N(C)C)cc2)nc(C)n1. The molecule has 0 radical (unpaired) electrons. The van der Waals surface area contributed by atoms with Gasteiger partial charge < -0.3 is 15.5 Å². The van der Waals surface area contributed by atoms with Crippen molar-refractivity contribution in [2.75, 3.05) is 29.6 Å². The molecule has 2 aromatic carbocycles. The monoisotopic (exact) mass is 347 g/mol. The van der Waals surface area contributed by atoms with Gasteiger partial charge >= 0.3 is 0 Å². The summed E-state index contributed by atoms with van der Waals surface area (Å²) in [6, 6.07) is 18.5. The molecule has 0 spiro atoms. The molecule has 0 amide bonds. The minimum absolute atomic E-state index is 0.719. The third kappa shape index (κ3) is 4.30. The van der Waals surface area contributed by atoms with Crippen molar-refractivity contribution in [2.45, 2.75) is 20.3 Å². The lowest BCUT2D eigenvalue weighted by Crippen LogP contribution is -2.08. The highest BCUT2D eigenvalue weighted by Crippen LogP contribution is 2.24. The van der Waals surface area contributed by atoms with Crippen molar-refractivity contribution in [2.24, 2.45) is 0 Å². The molecule has 5 heteroatoms. The Balaban J connectivity index is 1.81. The molecule has 0 bridgehead atoms. The van der Waals surface area contributed by atoms with Crippen LogP contribution in [0.25, 0.3) is 0 Å². The average Bonchev–Trinajstić information content (AvgIpc) is 2.62. The molecule has 0 aliphatic carbocycles. The number of anilines is 5. The number of para-hydroxylation sites is 1. The third-order valence-corrected chi connectivity index (χ3v) is 4.16. The van der Waals surface area contributed by atoms with Gasteiger partial charge in [0.05, 0.1) is 0 Å². The van der Waals surface area contributed by atoms with Gasteiger partial charge in [-0.2, -0.15) is 0 Å². The van der Waals surface area contributed by atoms with Gasteiger partial charge in [-0.1, -0.05) is 25.1 Å². The van der Waals surface area contributed by atoms with Gasteiger partial charge in [-0.05, 0) is 49.2 Å². The summed E-state index contributed by atoms with van der Waals surface area (Å²) in [4.78, 5) is 11.1. The molecule has 0 aliphatic heterocycles. The summed E-state index contributed by atoms with van der Waals surface area (Å²) < 4.78 is 0. The lowest BCUT2D eigenvalue weighted by Gasteiger charge is -2.14. The summed E-state index contributed by atoms with van der Waals surface area (Å²) in [7, 11) is 4.06. The maximum atomic E-state index is 4.51. The second-order valence-electron chi connectivity index (χ2n) is 6.39. The van der Waals surface area contributed by atoms with Gasteiger partial charge in [-0.3, -0.25) is 0 Å². The molecule has 0 atom stereocenters. The van der Waals surface area contributed by atoms with Crippen molar-refractivity contribution in [3.8, 4) is 0 Å². The number of hydrogen-bond acceptors (Lipinski definition) is 5. The fraction of sp³-hybridized carbons (Fsp3) is 0.238. The van der Waals surface area contributed by atoms with E-state index in [9.17, 15) is 0 Å². The molecular weight excluding hydrogens is 322 g/mol. The zero-order valence-electron chi connectivity index (χ0n) is 15.7. The number of aryl methyl sites for hydroxylation is 2. The average molecular weight is 347 g/mol. The van der Waals surface area contributed by atoms with E-state index < -0.39 is 0 Å². The van der Waals surface area contributed by atoms with Gasteiger partial charge in [0, 0.05) is 37.2 Å². The standard InChI is InChI=1S/C21H25N5/c1-5-16-8-6-7-9-19(16)25-21-14-20(22-15(2)23-21)24-17-10-12-18(13-11-17)26(3)4/h6-14H,5H2,1-4H3,(H2,22,23,24,25). The van der Waals surface area contributed by atoms with Crippen LogP contribution in [0.15, 0.2) is 54.6 Å². The third-order valence-electron chi connectivity index (χ3n) is 4.16. The van der Waals surface area contributed by atoms with E-state index in [0.717, 1.165) is 40.9 Å². The Labute approximate surface area is 155 Å². The van der Waals surface area contributed by atoms with Gasteiger partial charge in [-0.15, -0.1) is 0 Å². The highest BCUT2D eigenvalue weighted by molar-refractivity contribution is 5.66. The molecular formula is C21H25N5. The maximum Gasteiger partial charge on any atom is 0.136 e. The zero-order valence-corrected chi connectivity index (χ0v) is 15.7. The first-order chi connectivity index (χ1) is 12.5. The Bertz CT molecular complexity index is 872. The van der Waals surface area contributed by atoms with Crippen LogP contribution in [-0.4, -0.2) is 24.1 Å². The van der Waals surface area contributed by atoms with Crippen LogP contribution >= 0.6 is 0 Å². The molecule has 0 unspecified atom stereocenters. The highest BCUT2D eigenvalue weighted by Gasteiger charge is 2.06. The summed E-state index contributed by atoms with van der Waals surface area (Å²) in [6.07, 6.45) is 0.969. The molecule has 5 nitrogen and oxygen atoms in total. The predicted octanol–water partition coefficient (Wildman–Crippen LogP) is 4.90. The summed E-state index contributed by atoms with van der Waals surface area (Å²) in [6.45, 7) is 4.05. The first kappa shape index (κ1) is 17.7. The molecule has 1 heterocycles. The molecule has 0 fully saturated rings. The van der Waals surface area contributed by atoms with Gasteiger partial charge in [0.2, 0.25) is 0 Å². The molecule has 3 rings (SSSR count). The molecule has 2 N–H and O–H groups in total. The van der Waals surface area contributed by atoms with Crippen LogP contribution in [0.3, 0.4) is 0 Å². The molecule has 26 heavy (non-hydrogen) atoms. The first-order valence-corrected chi connectivity index (χ1v) is 8.80. The lowest BCUT2D eigenvalue weighted by atomic mass is 10.1. The fourth-order valence-corrected chi connectivity index (χ4v) is 2.78. The van der Waals surface area contributed by atoms with E-state index in [1.807, 2.05) is 45.3 Å². The first-order valence-electron chi connectivity index (χ1n) is 8.80. The number of nitrogens with one attached hydrogen (secondary N) is 2. The van der Waals surface area contributed by atoms with E-state index in [1.54, 1.807) is 0 Å². The molecule has 134 valence electrons. The Morgan fingerprint density at radius 2 is 1.54 bits per heavy atom. The lowest BCUT2D eigenvalue weighted by molar-refractivity contribution is 1.06. The van der Waals surface area contributed by atoms with E-state index in [1.165, 1.54) is 5.56 Å². The molecule has 0 saturated carbocycles. The summed E-state index contributed by atoms with van der Waals surface area (Å²) in [5.41, 5.74) is 4.49. The van der Waals surface area contributed by atoms with Gasteiger partial charge in [-0.25, -0.2) is 9.97 Å². The van der Waals surface area contributed by atoms with E-state index >= 15 is 0 Å². The smallest absolute Gasteiger partial charge is 0.136 e. The molecule has 3 aromatic rings. The number of nitrogens with zero attached hydrogens (tertiary/aromatic N) is 3. The van der Waals surface area contributed by atoms with Crippen molar-refractivity contribution < 1.29 is 0 Å². The highest BCUT2D eigenvalue weighted by atomic mass is 15.1. The van der Waals surface area contributed by atoms with Crippen molar-refractivity contribution in [3.05, 3.63) is 66.0 Å². The minimum atomic E-state index is 0.719. The topological polar surface area (TPSA) is 53.1 Å². The Morgan fingerprint density at radius 1 is 0.885 bits per heavy atom. The second-order valence-corrected chi connectivity index (χ2v) is 6.39. The predicted molar refractivity (Wildman–Crippen MR) is 110 cm³/mol.